The van der Waals surface area contributed by atoms with Gasteiger partial charge in [0.1, 0.15) is 6.61 Å². The lowest BCUT2D eigenvalue weighted by Crippen LogP contribution is -2.25. The Morgan fingerprint density at radius 1 is 1.54 bits per heavy atom. The van der Waals surface area contributed by atoms with Crippen molar-refractivity contribution in [3.8, 4) is 0 Å². The Labute approximate surface area is 80.4 Å². The van der Waals surface area contributed by atoms with Crippen LogP contribution in [0.1, 0.15) is 40.5 Å². The second-order valence-corrected chi connectivity index (χ2v) is 5.30. The normalized spacial score (nSPS) is 28.5. The van der Waals surface area contributed by atoms with Crippen LogP contribution >= 0.6 is 0 Å². The molecule has 0 fully saturated rings. The summed E-state index contributed by atoms with van der Waals surface area (Å²) in [5.74, 6) is 0. The van der Waals surface area contributed by atoms with E-state index in [4.69, 9.17) is 10.5 Å². The van der Waals surface area contributed by atoms with Crippen molar-refractivity contribution in [2.75, 3.05) is 6.61 Å². The van der Waals surface area contributed by atoms with Crippen molar-refractivity contribution in [2.45, 2.75) is 46.1 Å². The zero-order chi connectivity index (χ0) is 10.1. The molecule has 0 aliphatic carbocycles. The van der Waals surface area contributed by atoms with Crippen molar-refractivity contribution in [2.24, 2.45) is 16.1 Å². The first-order valence-electron chi connectivity index (χ1n) is 4.79. The van der Waals surface area contributed by atoms with Gasteiger partial charge in [0.25, 0.3) is 6.02 Å². The van der Waals surface area contributed by atoms with E-state index in [9.17, 15) is 0 Å². The minimum atomic E-state index is -0.0859. The molecule has 2 N–H and O–H groups in total. The lowest BCUT2D eigenvalue weighted by molar-refractivity contribution is 0.230. The molecular weight excluding hydrogens is 164 g/mol. The van der Waals surface area contributed by atoms with Crippen LogP contribution in [0, 0.1) is 5.41 Å². The largest absolute Gasteiger partial charge is 0.463 e. The molecular formula is C10H20N2O. The summed E-state index contributed by atoms with van der Waals surface area (Å²) in [7, 11) is 0. The molecule has 13 heavy (non-hydrogen) atoms. The summed E-state index contributed by atoms with van der Waals surface area (Å²) in [5, 5.41) is 0. The quantitative estimate of drug-likeness (QED) is 0.712. The van der Waals surface area contributed by atoms with Gasteiger partial charge in [0.2, 0.25) is 0 Å². The molecule has 0 radical (unpaired) electrons. The summed E-state index contributed by atoms with van der Waals surface area (Å²) in [6.07, 6.45) is 2.18. The molecule has 0 spiro atoms. The van der Waals surface area contributed by atoms with Crippen molar-refractivity contribution < 1.29 is 4.74 Å². The summed E-state index contributed by atoms with van der Waals surface area (Å²) < 4.78 is 5.16. The molecule has 1 rings (SSSR count). The minimum absolute atomic E-state index is 0.0859. The number of nitrogens with zero attached hydrogens (tertiary/aromatic N) is 1. The predicted molar refractivity (Wildman–Crippen MR) is 54.7 cm³/mol. The molecule has 1 aliphatic rings. The first-order chi connectivity index (χ1) is 5.81. The van der Waals surface area contributed by atoms with Crippen molar-refractivity contribution in [3.63, 3.8) is 0 Å². The van der Waals surface area contributed by atoms with E-state index in [0.29, 0.717) is 18.0 Å². The van der Waals surface area contributed by atoms with Crippen LogP contribution in [-0.2, 0) is 4.74 Å². The predicted octanol–water partition coefficient (Wildman–Crippen LogP) is 1.92. The van der Waals surface area contributed by atoms with E-state index >= 15 is 0 Å². The van der Waals surface area contributed by atoms with Crippen LogP contribution in [0.5, 0.6) is 0 Å². The Morgan fingerprint density at radius 3 is 2.54 bits per heavy atom. The van der Waals surface area contributed by atoms with Crippen LogP contribution in [0.15, 0.2) is 4.99 Å². The highest BCUT2D eigenvalue weighted by molar-refractivity contribution is 5.73. The molecule has 1 atom stereocenters. The summed E-state index contributed by atoms with van der Waals surface area (Å²) in [5.41, 5.74) is 5.75. The van der Waals surface area contributed by atoms with Crippen molar-refractivity contribution in [1.82, 2.24) is 0 Å². The third-order valence-corrected chi connectivity index (χ3v) is 2.32. The van der Waals surface area contributed by atoms with Gasteiger partial charge in [-0.3, -0.25) is 0 Å². The number of hydrogen-bond donors (Lipinski definition) is 1. The summed E-state index contributed by atoms with van der Waals surface area (Å²) in [4.78, 5) is 4.30. The number of amidine groups is 1. The van der Waals surface area contributed by atoms with Gasteiger partial charge in [0.05, 0.1) is 5.54 Å². The van der Waals surface area contributed by atoms with Crippen LogP contribution in [0.3, 0.4) is 0 Å². The van der Waals surface area contributed by atoms with E-state index in [1.807, 2.05) is 0 Å². The third-order valence-electron chi connectivity index (χ3n) is 2.32. The maximum atomic E-state index is 5.48. The molecule has 1 aliphatic heterocycles. The van der Waals surface area contributed by atoms with Gasteiger partial charge in [-0.05, 0) is 25.2 Å². The molecule has 3 heteroatoms. The molecule has 0 amide bonds. The molecule has 0 bridgehead atoms. The Morgan fingerprint density at radius 2 is 2.15 bits per heavy atom. The molecule has 0 saturated heterocycles. The lowest BCUT2D eigenvalue weighted by atomic mass is 9.85. The average Bonchev–Trinajstić information content (AvgIpc) is 2.27. The van der Waals surface area contributed by atoms with E-state index in [1.54, 1.807) is 0 Å². The molecule has 0 saturated carbocycles. The topological polar surface area (TPSA) is 47.6 Å². The highest BCUT2D eigenvalue weighted by atomic mass is 16.5. The Hall–Kier alpha value is -0.730. The molecule has 1 heterocycles. The fraction of sp³-hybridized carbons (Fsp3) is 0.900. The standard InChI is InChI=1S/C10H20N2O/c1-9(2,3)5-6-10(4)7-13-8(11)12-10/h5-7H2,1-4H3,(H2,11,12). The Bertz CT molecular complexity index is 217. The molecule has 3 nitrogen and oxygen atoms in total. The molecule has 0 aromatic rings. The van der Waals surface area contributed by atoms with Gasteiger partial charge in [-0.15, -0.1) is 0 Å². The van der Waals surface area contributed by atoms with Gasteiger partial charge in [-0.25, -0.2) is 4.99 Å². The summed E-state index contributed by atoms with van der Waals surface area (Å²) in [6, 6.07) is 0.344. The number of nitrogens with two attached hydrogens (primary N) is 1. The number of aliphatic imine (C=N–C) groups is 1. The molecule has 0 aromatic carbocycles. The van der Waals surface area contributed by atoms with Crippen molar-refractivity contribution >= 4 is 6.02 Å². The van der Waals surface area contributed by atoms with Gasteiger partial charge >= 0.3 is 0 Å². The van der Waals surface area contributed by atoms with Crippen molar-refractivity contribution in [1.29, 1.82) is 0 Å². The van der Waals surface area contributed by atoms with E-state index < -0.39 is 0 Å². The number of rotatable bonds is 2. The highest BCUT2D eigenvalue weighted by Crippen LogP contribution is 2.29. The second kappa shape index (κ2) is 3.20. The summed E-state index contributed by atoms with van der Waals surface area (Å²) in [6.45, 7) is 9.44. The fourth-order valence-electron chi connectivity index (χ4n) is 1.33. The van der Waals surface area contributed by atoms with Crippen LogP contribution < -0.4 is 5.73 Å². The van der Waals surface area contributed by atoms with Crippen LogP contribution in [-0.4, -0.2) is 18.2 Å². The first-order valence-corrected chi connectivity index (χ1v) is 4.79. The number of ether oxygens (including phenoxy) is 1. The minimum Gasteiger partial charge on any atom is -0.463 e. The fourth-order valence-corrected chi connectivity index (χ4v) is 1.33. The SMILES string of the molecule is CC(C)(C)CCC1(C)COC(N)=N1. The smallest absolute Gasteiger partial charge is 0.282 e. The maximum absolute atomic E-state index is 5.48. The van der Waals surface area contributed by atoms with E-state index in [0.717, 1.165) is 12.8 Å². The van der Waals surface area contributed by atoms with Gasteiger partial charge < -0.3 is 10.5 Å². The van der Waals surface area contributed by atoms with Crippen molar-refractivity contribution in [3.05, 3.63) is 0 Å². The number of hydrogen-bond acceptors (Lipinski definition) is 3. The van der Waals surface area contributed by atoms with Crippen LogP contribution in [0.4, 0.5) is 0 Å². The Balaban J connectivity index is 2.45. The van der Waals surface area contributed by atoms with E-state index in [1.165, 1.54) is 0 Å². The zero-order valence-electron chi connectivity index (χ0n) is 9.05. The molecule has 76 valence electrons. The van der Waals surface area contributed by atoms with Gasteiger partial charge in [0, 0.05) is 0 Å². The highest BCUT2D eigenvalue weighted by Gasteiger charge is 2.31. The van der Waals surface area contributed by atoms with Gasteiger partial charge in [-0.2, -0.15) is 0 Å². The monoisotopic (exact) mass is 184 g/mol. The zero-order valence-corrected chi connectivity index (χ0v) is 9.05. The lowest BCUT2D eigenvalue weighted by Gasteiger charge is -2.24. The third kappa shape index (κ3) is 3.25. The van der Waals surface area contributed by atoms with Crippen LogP contribution in [0.2, 0.25) is 0 Å². The second-order valence-electron chi connectivity index (χ2n) is 5.30. The van der Waals surface area contributed by atoms with E-state index in [2.05, 4.69) is 32.7 Å². The van der Waals surface area contributed by atoms with Gasteiger partial charge in [-0.1, -0.05) is 20.8 Å². The molecule has 1 unspecified atom stereocenters. The first kappa shape index (κ1) is 10.4. The Kier molecular flexibility index (Phi) is 2.55. The maximum Gasteiger partial charge on any atom is 0.282 e. The van der Waals surface area contributed by atoms with Gasteiger partial charge in [0.15, 0.2) is 0 Å². The van der Waals surface area contributed by atoms with E-state index in [-0.39, 0.29) is 5.54 Å². The van der Waals surface area contributed by atoms with Crippen LogP contribution in [0.25, 0.3) is 0 Å². The summed E-state index contributed by atoms with van der Waals surface area (Å²) >= 11 is 0. The molecule has 0 aromatic heterocycles. The average molecular weight is 184 g/mol.